The third-order valence-electron chi connectivity index (χ3n) is 4.14. The lowest BCUT2D eigenvalue weighted by molar-refractivity contribution is 0.0747. The number of nitrogens with zero attached hydrogens (tertiary/aromatic N) is 1. The van der Waals surface area contributed by atoms with Gasteiger partial charge in [0.2, 0.25) is 0 Å². The van der Waals surface area contributed by atoms with E-state index in [-0.39, 0.29) is 0 Å². The summed E-state index contributed by atoms with van der Waals surface area (Å²) < 4.78 is 5.60. The van der Waals surface area contributed by atoms with E-state index in [2.05, 4.69) is 25.7 Å². The van der Waals surface area contributed by atoms with E-state index in [4.69, 9.17) is 10.5 Å². The second-order valence-corrected chi connectivity index (χ2v) is 5.41. The van der Waals surface area contributed by atoms with Gasteiger partial charge in [-0.3, -0.25) is 0 Å². The lowest BCUT2D eigenvalue weighted by Gasteiger charge is -2.41. The Bertz CT molecular complexity index is 199. The van der Waals surface area contributed by atoms with Gasteiger partial charge in [0.1, 0.15) is 0 Å². The van der Waals surface area contributed by atoms with Gasteiger partial charge >= 0.3 is 0 Å². The third-order valence-corrected chi connectivity index (χ3v) is 4.14. The molecular formula is C14H30N2O. The fourth-order valence-corrected chi connectivity index (χ4v) is 2.51. The molecule has 2 N–H and O–H groups in total. The maximum atomic E-state index is 6.09. The lowest BCUT2D eigenvalue weighted by atomic mass is 9.87. The van der Waals surface area contributed by atoms with Gasteiger partial charge in [-0.2, -0.15) is 0 Å². The van der Waals surface area contributed by atoms with Crippen LogP contribution in [0, 0.1) is 5.92 Å². The van der Waals surface area contributed by atoms with Crippen LogP contribution in [0.1, 0.15) is 46.5 Å². The van der Waals surface area contributed by atoms with Crippen LogP contribution in [-0.4, -0.2) is 43.3 Å². The molecule has 17 heavy (non-hydrogen) atoms. The highest BCUT2D eigenvalue weighted by atomic mass is 16.5. The Morgan fingerprint density at radius 1 is 1.24 bits per heavy atom. The third kappa shape index (κ3) is 4.94. The number of likely N-dealkylation sites (tertiary alicyclic amines) is 1. The van der Waals surface area contributed by atoms with Gasteiger partial charge in [0.25, 0.3) is 0 Å². The van der Waals surface area contributed by atoms with Gasteiger partial charge in [0.15, 0.2) is 0 Å². The summed E-state index contributed by atoms with van der Waals surface area (Å²) in [5.74, 6) is 0.616. The SMILES string of the molecule is CCCCOCCCN1CCC(N)C(C)C1C. The van der Waals surface area contributed by atoms with Crippen LogP contribution in [0.5, 0.6) is 0 Å². The Balaban J connectivity index is 2.10. The Hall–Kier alpha value is -0.120. The van der Waals surface area contributed by atoms with E-state index in [1.807, 2.05) is 0 Å². The van der Waals surface area contributed by atoms with Gasteiger partial charge in [-0.05, 0) is 38.6 Å². The van der Waals surface area contributed by atoms with E-state index in [0.717, 1.165) is 39.1 Å². The van der Waals surface area contributed by atoms with E-state index in [0.29, 0.717) is 18.0 Å². The average molecular weight is 242 g/mol. The first kappa shape index (κ1) is 14.9. The Morgan fingerprint density at radius 2 is 1.94 bits per heavy atom. The summed E-state index contributed by atoms with van der Waals surface area (Å²) in [4.78, 5) is 2.57. The number of ether oxygens (including phenoxy) is 1. The van der Waals surface area contributed by atoms with Gasteiger partial charge in [-0.25, -0.2) is 0 Å². The zero-order valence-electron chi connectivity index (χ0n) is 11.8. The van der Waals surface area contributed by atoms with Crippen LogP contribution in [-0.2, 0) is 4.74 Å². The van der Waals surface area contributed by atoms with Crippen molar-refractivity contribution in [2.24, 2.45) is 11.7 Å². The van der Waals surface area contributed by atoms with Gasteiger partial charge in [0.05, 0.1) is 0 Å². The first-order valence-corrected chi connectivity index (χ1v) is 7.24. The maximum Gasteiger partial charge on any atom is 0.0478 e. The van der Waals surface area contributed by atoms with Crippen LogP contribution in [0.3, 0.4) is 0 Å². The molecule has 1 aliphatic rings. The monoisotopic (exact) mass is 242 g/mol. The number of rotatable bonds is 7. The second-order valence-electron chi connectivity index (χ2n) is 5.41. The minimum absolute atomic E-state index is 0.391. The molecule has 1 rings (SSSR count). The van der Waals surface area contributed by atoms with Gasteiger partial charge < -0.3 is 15.4 Å². The molecule has 102 valence electrons. The molecule has 0 aliphatic carbocycles. The summed E-state index contributed by atoms with van der Waals surface area (Å²) in [6, 6.07) is 1.01. The molecule has 0 bridgehead atoms. The zero-order chi connectivity index (χ0) is 12.7. The van der Waals surface area contributed by atoms with E-state index >= 15 is 0 Å². The van der Waals surface area contributed by atoms with Crippen molar-refractivity contribution in [1.29, 1.82) is 0 Å². The molecule has 0 aromatic rings. The summed E-state index contributed by atoms with van der Waals surface area (Å²) in [6.07, 6.45) is 4.70. The summed E-state index contributed by atoms with van der Waals surface area (Å²) in [7, 11) is 0. The second kappa shape index (κ2) is 8.06. The van der Waals surface area contributed by atoms with Crippen molar-refractivity contribution >= 4 is 0 Å². The van der Waals surface area contributed by atoms with Crippen molar-refractivity contribution < 1.29 is 4.74 Å². The fourth-order valence-electron chi connectivity index (χ4n) is 2.51. The molecule has 3 atom stereocenters. The van der Waals surface area contributed by atoms with Crippen LogP contribution in [0.15, 0.2) is 0 Å². The number of nitrogens with two attached hydrogens (primary N) is 1. The molecule has 3 nitrogen and oxygen atoms in total. The van der Waals surface area contributed by atoms with E-state index in [1.165, 1.54) is 12.8 Å². The minimum atomic E-state index is 0.391. The van der Waals surface area contributed by atoms with Crippen LogP contribution in [0.4, 0.5) is 0 Å². The van der Waals surface area contributed by atoms with Crippen LogP contribution < -0.4 is 5.73 Å². The number of piperidine rings is 1. The molecule has 3 unspecified atom stereocenters. The smallest absolute Gasteiger partial charge is 0.0478 e. The molecule has 0 radical (unpaired) electrons. The van der Waals surface area contributed by atoms with Crippen molar-refractivity contribution in [2.45, 2.75) is 58.5 Å². The molecule has 1 heterocycles. The number of unbranched alkanes of at least 4 members (excludes halogenated alkanes) is 1. The largest absolute Gasteiger partial charge is 0.381 e. The van der Waals surface area contributed by atoms with E-state index < -0.39 is 0 Å². The van der Waals surface area contributed by atoms with Gasteiger partial charge in [0, 0.05) is 31.8 Å². The first-order chi connectivity index (χ1) is 8.16. The number of hydrogen-bond donors (Lipinski definition) is 1. The zero-order valence-corrected chi connectivity index (χ0v) is 11.8. The summed E-state index contributed by atoms with van der Waals surface area (Å²) in [5, 5.41) is 0. The Morgan fingerprint density at radius 3 is 2.65 bits per heavy atom. The Labute approximate surface area is 107 Å². The first-order valence-electron chi connectivity index (χ1n) is 7.24. The summed E-state index contributed by atoms with van der Waals surface area (Å²) in [6.45, 7) is 10.9. The highest BCUT2D eigenvalue weighted by Crippen LogP contribution is 2.22. The molecule has 0 amide bonds. The van der Waals surface area contributed by atoms with Gasteiger partial charge in [-0.15, -0.1) is 0 Å². The normalized spacial score (nSPS) is 30.7. The van der Waals surface area contributed by atoms with Crippen molar-refractivity contribution in [2.75, 3.05) is 26.3 Å². The summed E-state index contributed by atoms with van der Waals surface area (Å²) in [5.41, 5.74) is 6.09. The highest BCUT2D eigenvalue weighted by Gasteiger charge is 2.29. The molecule has 0 saturated carbocycles. The average Bonchev–Trinajstić information content (AvgIpc) is 2.33. The van der Waals surface area contributed by atoms with E-state index in [9.17, 15) is 0 Å². The molecular weight excluding hydrogens is 212 g/mol. The van der Waals surface area contributed by atoms with Crippen LogP contribution >= 0.6 is 0 Å². The predicted octanol–water partition coefficient (Wildman–Crippen LogP) is 2.25. The molecule has 0 aromatic carbocycles. The van der Waals surface area contributed by atoms with Crippen molar-refractivity contribution in [3.63, 3.8) is 0 Å². The maximum absolute atomic E-state index is 6.09. The fraction of sp³-hybridized carbons (Fsp3) is 1.00. The molecule has 1 fully saturated rings. The van der Waals surface area contributed by atoms with Crippen LogP contribution in [0.2, 0.25) is 0 Å². The minimum Gasteiger partial charge on any atom is -0.381 e. The lowest BCUT2D eigenvalue weighted by Crippen LogP contribution is -2.51. The molecule has 0 aromatic heterocycles. The quantitative estimate of drug-likeness (QED) is 0.696. The summed E-state index contributed by atoms with van der Waals surface area (Å²) >= 11 is 0. The molecule has 3 heteroatoms. The highest BCUT2D eigenvalue weighted by molar-refractivity contribution is 4.86. The van der Waals surface area contributed by atoms with Crippen molar-refractivity contribution in [3.05, 3.63) is 0 Å². The number of hydrogen-bond acceptors (Lipinski definition) is 3. The topological polar surface area (TPSA) is 38.5 Å². The van der Waals surface area contributed by atoms with E-state index in [1.54, 1.807) is 0 Å². The molecule has 1 saturated heterocycles. The molecule has 0 spiro atoms. The van der Waals surface area contributed by atoms with Crippen LogP contribution in [0.25, 0.3) is 0 Å². The molecule has 1 aliphatic heterocycles. The predicted molar refractivity (Wildman–Crippen MR) is 73.1 cm³/mol. The van der Waals surface area contributed by atoms with Crippen molar-refractivity contribution in [3.8, 4) is 0 Å². The van der Waals surface area contributed by atoms with Crippen molar-refractivity contribution in [1.82, 2.24) is 4.90 Å². The standard InChI is InChI=1S/C14H30N2O/c1-4-5-10-17-11-6-8-16-9-7-14(15)12(2)13(16)3/h12-14H,4-11,15H2,1-3H3. The van der Waals surface area contributed by atoms with Gasteiger partial charge in [-0.1, -0.05) is 20.3 Å². The Kier molecular flexibility index (Phi) is 7.09.